The average molecular weight is 374 g/mol. The van der Waals surface area contributed by atoms with Crippen LogP contribution >= 0.6 is 23.8 Å². The monoisotopic (exact) mass is 373 g/mol. The van der Waals surface area contributed by atoms with Gasteiger partial charge in [0.2, 0.25) is 0 Å². The van der Waals surface area contributed by atoms with Crippen molar-refractivity contribution in [2.24, 2.45) is 0 Å². The van der Waals surface area contributed by atoms with Gasteiger partial charge in [-0.2, -0.15) is 0 Å². The van der Waals surface area contributed by atoms with Crippen LogP contribution in [0.1, 0.15) is 24.1 Å². The summed E-state index contributed by atoms with van der Waals surface area (Å²) in [5.41, 5.74) is 3.73. The molecule has 2 aromatic carbocycles. The Morgan fingerprint density at radius 2 is 1.76 bits per heavy atom. The van der Waals surface area contributed by atoms with Crippen LogP contribution in [0, 0.1) is 6.92 Å². The largest absolute Gasteiger partial charge is 0.368 e. The molecule has 0 aromatic heterocycles. The molecule has 2 aromatic rings. The fourth-order valence-electron chi connectivity index (χ4n) is 3.18. The first kappa shape index (κ1) is 18.0. The maximum atomic E-state index is 6.16. The minimum Gasteiger partial charge on any atom is -0.368 e. The summed E-state index contributed by atoms with van der Waals surface area (Å²) in [7, 11) is 0. The molecule has 1 fully saturated rings. The molecular weight excluding hydrogens is 350 g/mol. The van der Waals surface area contributed by atoms with Crippen molar-refractivity contribution < 1.29 is 0 Å². The number of nitrogens with one attached hydrogen (secondary N) is 1. The van der Waals surface area contributed by atoms with Crippen LogP contribution in [0.25, 0.3) is 0 Å². The predicted molar refractivity (Wildman–Crippen MR) is 111 cm³/mol. The highest BCUT2D eigenvalue weighted by Crippen LogP contribution is 2.25. The first-order valence-corrected chi connectivity index (χ1v) is 9.44. The molecule has 3 rings (SSSR count). The molecule has 1 saturated heterocycles. The Balaban J connectivity index is 1.57. The number of hydrogen-bond acceptors (Lipinski definition) is 2. The standard InChI is InChI=1S/C20H24ClN3S/c1-15-8-9-18(21)14-19(15)23-10-12-24(13-11-23)20(25)22-16(2)17-6-4-3-5-7-17/h3-9,14,16H,10-13H2,1-2H3,(H,22,25). The molecule has 0 saturated carbocycles. The Morgan fingerprint density at radius 3 is 2.44 bits per heavy atom. The normalized spacial score (nSPS) is 15.8. The zero-order chi connectivity index (χ0) is 17.8. The fourth-order valence-corrected chi connectivity index (χ4v) is 3.70. The van der Waals surface area contributed by atoms with E-state index < -0.39 is 0 Å². The third-order valence-electron chi connectivity index (χ3n) is 4.72. The zero-order valence-electron chi connectivity index (χ0n) is 14.7. The van der Waals surface area contributed by atoms with Crippen LogP contribution in [0.2, 0.25) is 5.02 Å². The van der Waals surface area contributed by atoms with Crippen molar-refractivity contribution >= 4 is 34.6 Å². The quantitative estimate of drug-likeness (QED) is 0.803. The highest BCUT2D eigenvalue weighted by Gasteiger charge is 2.21. The Hall–Kier alpha value is -1.78. The first-order chi connectivity index (χ1) is 12.0. The van der Waals surface area contributed by atoms with Crippen LogP contribution < -0.4 is 10.2 Å². The molecule has 1 unspecified atom stereocenters. The van der Waals surface area contributed by atoms with Crippen molar-refractivity contribution in [1.29, 1.82) is 0 Å². The molecule has 1 aliphatic heterocycles. The summed E-state index contributed by atoms with van der Waals surface area (Å²) in [5, 5.41) is 5.08. The van der Waals surface area contributed by atoms with E-state index in [-0.39, 0.29) is 6.04 Å². The van der Waals surface area contributed by atoms with Gasteiger partial charge in [0.15, 0.2) is 5.11 Å². The van der Waals surface area contributed by atoms with Gasteiger partial charge in [0, 0.05) is 36.9 Å². The molecular formula is C20H24ClN3S. The summed E-state index contributed by atoms with van der Waals surface area (Å²) in [6.07, 6.45) is 0. The highest BCUT2D eigenvalue weighted by molar-refractivity contribution is 7.80. The summed E-state index contributed by atoms with van der Waals surface area (Å²) in [6.45, 7) is 8.00. The zero-order valence-corrected chi connectivity index (χ0v) is 16.3. The molecule has 1 atom stereocenters. The van der Waals surface area contributed by atoms with E-state index in [1.807, 2.05) is 12.1 Å². The van der Waals surface area contributed by atoms with E-state index >= 15 is 0 Å². The molecule has 5 heteroatoms. The van der Waals surface area contributed by atoms with Gasteiger partial charge >= 0.3 is 0 Å². The number of aryl methyl sites for hydroxylation is 1. The van der Waals surface area contributed by atoms with E-state index in [0.717, 1.165) is 36.3 Å². The lowest BCUT2D eigenvalue weighted by Crippen LogP contribution is -2.52. The van der Waals surface area contributed by atoms with Crippen molar-refractivity contribution in [2.75, 3.05) is 31.1 Å². The number of rotatable bonds is 3. The van der Waals surface area contributed by atoms with E-state index in [2.05, 4.69) is 65.4 Å². The van der Waals surface area contributed by atoms with E-state index in [4.69, 9.17) is 23.8 Å². The molecule has 1 heterocycles. The van der Waals surface area contributed by atoms with Crippen LogP contribution in [0.15, 0.2) is 48.5 Å². The second-order valence-electron chi connectivity index (χ2n) is 6.49. The van der Waals surface area contributed by atoms with E-state index in [9.17, 15) is 0 Å². The number of thiocarbonyl (C=S) groups is 1. The van der Waals surface area contributed by atoms with Crippen LogP contribution in [-0.2, 0) is 0 Å². The molecule has 132 valence electrons. The maximum Gasteiger partial charge on any atom is 0.169 e. The Bertz CT molecular complexity index is 727. The topological polar surface area (TPSA) is 18.5 Å². The minimum atomic E-state index is 0.210. The second kappa shape index (κ2) is 8.07. The summed E-state index contributed by atoms with van der Waals surface area (Å²) < 4.78 is 0. The molecule has 3 nitrogen and oxygen atoms in total. The first-order valence-electron chi connectivity index (χ1n) is 8.66. The smallest absolute Gasteiger partial charge is 0.169 e. The van der Waals surface area contributed by atoms with Crippen LogP contribution in [-0.4, -0.2) is 36.2 Å². The van der Waals surface area contributed by atoms with Crippen molar-refractivity contribution in [3.05, 3.63) is 64.7 Å². The van der Waals surface area contributed by atoms with Gasteiger partial charge in [-0.1, -0.05) is 48.0 Å². The number of anilines is 1. The summed E-state index contributed by atoms with van der Waals surface area (Å²) in [4.78, 5) is 4.64. The fraction of sp³-hybridized carbons (Fsp3) is 0.350. The average Bonchev–Trinajstić information content (AvgIpc) is 2.64. The van der Waals surface area contributed by atoms with Crippen molar-refractivity contribution in [2.45, 2.75) is 19.9 Å². The molecule has 0 bridgehead atoms. The third-order valence-corrected chi connectivity index (χ3v) is 5.33. The molecule has 0 spiro atoms. The van der Waals surface area contributed by atoms with Gasteiger partial charge in [-0.3, -0.25) is 0 Å². The lowest BCUT2D eigenvalue weighted by atomic mass is 10.1. The Kier molecular flexibility index (Phi) is 5.82. The summed E-state index contributed by atoms with van der Waals surface area (Å²) in [6, 6.07) is 16.7. The molecule has 1 aliphatic rings. The molecule has 25 heavy (non-hydrogen) atoms. The summed E-state index contributed by atoms with van der Waals surface area (Å²) in [5.74, 6) is 0. The van der Waals surface area contributed by atoms with Crippen molar-refractivity contribution in [1.82, 2.24) is 10.2 Å². The van der Waals surface area contributed by atoms with Gasteiger partial charge in [0.05, 0.1) is 6.04 Å². The molecule has 0 amide bonds. The predicted octanol–water partition coefficient (Wildman–Crippen LogP) is 4.41. The van der Waals surface area contributed by atoms with Gasteiger partial charge in [0.1, 0.15) is 0 Å². The number of piperazine rings is 1. The van der Waals surface area contributed by atoms with Gasteiger partial charge in [0.25, 0.3) is 0 Å². The lowest BCUT2D eigenvalue weighted by Gasteiger charge is -2.38. The van der Waals surface area contributed by atoms with Gasteiger partial charge in [-0.15, -0.1) is 0 Å². The number of halogens is 1. The third kappa shape index (κ3) is 4.44. The van der Waals surface area contributed by atoms with Gasteiger partial charge in [-0.05, 0) is 49.3 Å². The van der Waals surface area contributed by atoms with E-state index in [1.54, 1.807) is 0 Å². The maximum absolute atomic E-state index is 6.16. The highest BCUT2D eigenvalue weighted by atomic mass is 35.5. The molecule has 1 N–H and O–H groups in total. The number of hydrogen-bond donors (Lipinski definition) is 1. The molecule has 0 radical (unpaired) electrons. The summed E-state index contributed by atoms with van der Waals surface area (Å²) >= 11 is 11.8. The Labute approximate surface area is 160 Å². The van der Waals surface area contributed by atoms with Gasteiger partial charge < -0.3 is 15.1 Å². The SMILES string of the molecule is Cc1ccc(Cl)cc1N1CCN(C(=S)NC(C)c2ccccc2)CC1. The minimum absolute atomic E-state index is 0.210. The van der Waals surface area contributed by atoms with E-state index in [1.165, 1.54) is 16.8 Å². The second-order valence-corrected chi connectivity index (χ2v) is 7.31. The number of nitrogens with zero attached hydrogens (tertiary/aromatic N) is 2. The Morgan fingerprint density at radius 1 is 1.08 bits per heavy atom. The van der Waals surface area contributed by atoms with E-state index in [0.29, 0.717) is 0 Å². The van der Waals surface area contributed by atoms with Crippen molar-refractivity contribution in [3.63, 3.8) is 0 Å². The van der Waals surface area contributed by atoms with Crippen molar-refractivity contribution in [3.8, 4) is 0 Å². The molecule has 0 aliphatic carbocycles. The van der Waals surface area contributed by atoms with Crippen LogP contribution in [0.3, 0.4) is 0 Å². The number of benzene rings is 2. The van der Waals surface area contributed by atoms with Gasteiger partial charge in [-0.25, -0.2) is 0 Å². The van der Waals surface area contributed by atoms with Crippen LogP contribution in [0.4, 0.5) is 5.69 Å². The lowest BCUT2D eigenvalue weighted by molar-refractivity contribution is 0.376. The van der Waals surface area contributed by atoms with Crippen LogP contribution in [0.5, 0.6) is 0 Å².